The Morgan fingerprint density at radius 2 is 1.73 bits per heavy atom. The average molecular weight is 355 g/mol. The van der Waals surface area contributed by atoms with E-state index < -0.39 is 0 Å². The summed E-state index contributed by atoms with van der Waals surface area (Å²) in [6.07, 6.45) is 12.3. The second-order valence-electron chi connectivity index (χ2n) is 7.74. The van der Waals surface area contributed by atoms with Gasteiger partial charge in [-0.15, -0.1) is 0 Å². The van der Waals surface area contributed by atoms with Crippen molar-refractivity contribution in [1.29, 1.82) is 0 Å². The molecule has 0 amide bonds. The minimum Gasteiger partial charge on any atom is -0.240 e. The Balaban J connectivity index is 1.68. The monoisotopic (exact) mass is 354 g/mol. The second-order valence-corrected chi connectivity index (χ2v) is 7.74. The van der Waals surface area contributed by atoms with E-state index in [1.54, 1.807) is 6.20 Å². The Bertz CT molecular complexity index is 688. The van der Waals surface area contributed by atoms with Crippen LogP contribution >= 0.6 is 0 Å². The van der Waals surface area contributed by atoms with Crippen LogP contribution in [0.3, 0.4) is 0 Å². The van der Waals surface area contributed by atoms with Crippen LogP contribution in [0.4, 0.5) is 4.39 Å². The Hall–Kier alpha value is -1.77. The highest BCUT2D eigenvalue weighted by Crippen LogP contribution is 2.36. The van der Waals surface area contributed by atoms with Gasteiger partial charge in [0, 0.05) is 12.1 Å². The number of unbranched alkanes of at least 4 members (excludes halogenated alkanes) is 1. The summed E-state index contributed by atoms with van der Waals surface area (Å²) in [5, 5.41) is 0. The summed E-state index contributed by atoms with van der Waals surface area (Å²) in [6.45, 7) is 4.44. The van der Waals surface area contributed by atoms with Gasteiger partial charge in [0.1, 0.15) is 5.82 Å². The van der Waals surface area contributed by atoms with Gasteiger partial charge in [-0.25, -0.2) is 9.97 Å². The molecule has 2 aromatic rings. The zero-order valence-electron chi connectivity index (χ0n) is 16.2. The molecule has 26 heavy (non-hydrogen) atoms. The fourth-order valence-corrected chi connectivity index (χ4v) is 4.11. The lowest BCUT2D eigenvalue weighted by atomic mass is 9.80. The van der Waals surface area contributed by atoms with Crippen molar-refractivity contribution in [1.82, 2.24) is 9.97 Å². The molecule has 1 aromatic carbocycles. The van der Waals surface area contributed by atoms with E-state index in [-0.39, 0.29) is 5.95 Å². The Morgan fingerprint density at radius 1 is 1.00 bits per heavy atom. The largest absolute Gasteiger partial charge is 0.240 e. The van der Waals surface area contributed by atoms with Crippen LogP contribution in [0, 0.1) is 11.9 Å². The van der Waals surface area contributed by atoms with Gasteiger partial charge >= 0.3 is 0 Å². The topological polar surface area (TPSA) is 25.8 Å². The Morgan fingerprint density at radius 3 is 2.35 bits per heavy atom. The van der Waals surface area contributed by atoms with Crippen LogP contribution in [0.2, 0.25) is 0 Å². The van der Waals surface area contributed by atoms with Gasteiger partial charge in [0.15, 0.2) is 0 Å². The van der Waals surface area contributed by atoms with Crippen molar-refractivity contribution in [3.63, 3.8) is 0 Å². The van der Waals surface area contributed by atoms with Gasteiger partial charge in [-0.2, -0.15) is 4.39 Å². The number of rotatable bonds is 7. The van der Waals surface area contributed by atoms with E-state index in [1.807, 2.05) is 12.1 Å². The minimum absolute atomic E-state index is 0.322. The number of hydrogen-bond acceptors (Lipinski definition) is 2. The van der Waals surface area contributed by atoms with Crippen molar-refractivity contribution in [2.45, 2.75) is 77.6 Å². The standard InChI is InChI=1S/C23H31FN2/c1-3-5-7-18-8-12-19(13-9-18)21-16-25-23(26-22(21)24)20-14-10-17(6-4-2)11-15-20/h8-9,12-13,16-17,20H,3-7,10-11,14-15H2,1-2H3. The van der Waals surface area contributed by atoms with Gasteiger partial charge in [-0.05, 0) is 55.6 Å². The van der Waals surface area contributed by atoms with E-state index in [9.17, 15) is 4.39 Å². The molecule has 0 atom stereocenters. The first-order chi connectivity index (χ1) is 12.7. The van der Waals surface area contributed by atoms with Crippen LogP contribution in [0.25, 0.3) is 11.1 Å². The van der Waals surface area contributed by atoms with Crippen LogP contribution in [0.15, 0.2) is 30.5 Å². The van der Waals surface area contributed by atoms with Gasteiger partial charge < -0.3 is 0 Å². The van der Waals surface area contributed by atoms with Crippen LogP contribution in [0.1, 0.15) is 82.5 Å². The average Bonchev–Trinajstić information content (AvgIpc) is 2.68. The van der Waals surface area contributed by atoms with Crippen molar-refractivity contribution in [3.05, 3.63) is 47.8 Å². The summed E-state index contributed by atoms with van der Waals surface area (Å²) in [4.78, 5) is 8.77. The number of halogens is 1. The lowest BCUT2D eigenvalue weighted by Gasteiger charge is -2.27. The van der Waals surface area contributed by atoms with E-state index in [2.05, 4.69) is 35.9 Å². The number of benzene rings is 1. The van der Waals surface area contributed by atoms with Crippen LogP contribution < -0.4 is 0 Å². The molecule has 0 saturated heterocycles. The number of aromatic nitrogens is 2. The first kappa shape index (κ1) is 19.0. The van der Waals surface area contributed by atoms with Gasteiger partial charge in [0.05, 0.1) is 5.56 Å². The predicted octanol–water partition coefficient (Wildman–Crippen LogP) is 6.70. The van der Waals surface area contributed by atoms with Gasteiger partial charge in [0.25, 0.3) is 0 Å². The third kappa shape index (κ3) is 4.69. The molecular formula is C23H31FN2. The molecule has 1 aromatic heterocycles. The number of hydrogen-bond donors (Lipinski definition) is 0. The van der Waals surface area contributed by atoms with Crippen molar-refractivity contribution in [2.24, 2.45) is 5.92 Å². The van der Waals surface area contributed by atoms with Crippen molar-refractivity contribution < 1.29 is 4.39 Å². The van der Waals surface area contributed by atoms with Gasteiger partial charge in [-0.1, -0.05) is 57.4 Å². The fourth-order valence-electron chi connectivity index (χ4n) is 4.11. The molecule has 1 heterocycles. The molecule has 3 heteroatoms. The summed E-state index contributed by atoms with van der Waals surface area (Å²) in [6, 6.07) is 8.16. The molecule has 0 N–H and O–H groups in total. The zero-order valence-corrected chi connectivity index (χ0v) is 16.2. The first-order valence-corrected chi connectivity index (χ1v) is 10.3. The first-order valence-electron chi connectivity index (χ1n) is 10.3. The maximum Gasteiger partial charge on any atom is 0.224 e. The molecule has 0 aliphatic heterocycles. The van der Waals surface area contributed by atoms with Crippen molar-refractivity contribution >= 4 is 0 Å². The highest BCUT2D eigenvalue weighted by molar-refractivity contribution is 5.62. The van der Waals surface area contributed by atoms with E-state index in [1.165, 1.54) is 44.1 Å². The van der Waals surface area contributed by atoms with E-state index >= 15 is 0 Å². The minimum atomic E-state index is -0.382. The maximum absolute atomic E-state index is 14.6. The molecule has 0 unspecified atom stereocenters. The molecule has 1 saturated carbocycles. The summed E-state index contributed by atoms with van der Waals surface area (Å²) in [7, 11) is 0. The van der Waals surface area contributed by atoms with Crippen LogP contribution in [-0.2, 0) is 6.42 Å². The van der Waals surface area contributed by atoms with E-state index in [0.717, 1.165) is 30.7 Å². The molecular weight excluding hydrogens is 323 g/mol. The van der Waals surface area contributed by atoms with E-state index in [4.69, 9.17) is 0 Å². The van der Waals surface area contributed by atoms with Crippen LogP contribution in [0.5, 0.6) is 0 Å². The third-order valence-corrected chi connectivity index (χ3v) is 5.75. The SMILES string of the molecule is CCCCc1ccc(-c2cnc(C3CCC(CCC)CC3)nc2F)cc1. The zero-order chi connectivity index (χ0) is 18.4. The fraction of sp³-hybridized carbons (Fsp3) is 0.565. The number of nitrogens with zero attached hydrogens (tertiary/aromatic N) is 2. The smallest absolute Gasteiger partial charge is 0.224 e. The molecule has 1 aliphatic rings. The predicted molar refractivity (Wildman–Crippen MR) is 106 cm³/mol. The quantitative estimate of drug-likeness (QED) is 0.517. The Labute approximate surface area is 157 Å². The maximum atomic E-state index is 14.6. The highest BCUT2D eigenvalue weighted by Gasteiger charge is 2.24. The lowest BCUT2D eigenvalue weighted by molar-refractivity contribution is 0.301. The summed E-state index contributed by atoms with van der Waals surface area (Å²) < 4.78 is 14.6. The second kappa shape index (κ2) is 9.25. The summed E-state index contributed by atoms with van der Waals surface area (Å²) >= 11 is 0. The van der Waals surface area contributed by atoms with Crippen molar-refractivity contribution in [2.75, 3.05) is 0 Å². The summed E-state index contributed by atoms with van der Waals surface area (Å²) in [5.74, 6) is 1.47. The molecule has 140 valence electrons. The van der Waals surface area contributed by atoms with Crippen molar-refractivity contribution in [3.8, 4) is 11.1 Å². The van der Waals surface area contributed by atoms with E-state index in [0.29, 0.717) is 17.3 Å². The lowest BCUT2D eigenvalue weighted by Crippen LogP contribution is -2.16. The Kier molecular flexibility index (Phi) is 6.76. The highest BCUT2D eigenvalue weighted by atomic mass is 19.1. The van der Waals surface area contributed by atoms with Gasteiger partial charge in [0.2, 0.25) is 5.95 Å². The molecule has 1 fully saturated rings. The van der Waals surface area contributed by atoms with Gasteiger partial charge in [-0.3, -0.25) is 0 Å². The molecule has 0 spiro atoms. The van der Waals surface area contributed by atoms with Crippen LogP contribution in [-0.4, -0.2) is 9.97 Å². The normalized spacial score (nSPS) is 20.3. The molecule has 3 rings (SSSR count). The number of aryl methyl sites for hydroxylation is 1. The molecule has 2 nitrogen and oxygen atoms in total. The summed E-state index contributed by atoms with van der Waals surface area (Å²) in [5.41, 5.74) is 2.67. The molecule has 0 bridgehead atoms. The molecule has 0 radical (unpaired) electrons. The third-order valence-electron chi connectivity index (χ3n) is 5.75. The molecule has 1 aliphatic carbocycles.